The topological polar surface area (TPSA) is 60.9 Å². The zero-order valence-electron chi connectivity index (χ0n) is 15.1. The lowest BCUT2D eigenvalue weighted by molar-refractivity contribution is 0.0994. The maximum Gasteiger partial charge on any atom is 0.208 e. The van der Waals surface area contributed by atoms with Gasteiger partial charge in [-0.15, -0.1) is 10.2 Å². The maximum absolute atomic E-state index is 14.2. The van der Waals surface area contributed by atoms with Gasteiger partial charge in [-0.05, 0) is 49.2 Å². The van der Waals surface area contributed by atoms with E-state index in [4.69, 9.17) is 16.0 Å². The summed E-state index contributed by atoms with van der Waals surface area (Å²) in [6.07, 6.45) is 1.98. The van der Waals surface area contributed by atoms with Gasteiger partial charge in [0.15, 0.2) is 16.7 Å². The van der Waals surface area contributed by atoms with E-state index >= 15 is 0 Å². The average Bonchev–Trinajstić information content (AvgIpc) is 3.32. The van der Waals surface area contributed by atoms with Gasteiger partial charge < -0.3 is 4.42 Å². The van der Waals surface area contributed by atoms with Crippen LogP contribution in [0.15, 0.2) is 58.1 Å². The minimum Gasteiger partial charge on any atom is -0.453 e. The molecule has 0 atom stereocenters. The maximum atomic E-state index is 14.2. The lowest BCUT2D eigenvalue weighted by Gasteiger charge is -2.09. The number of rotatable bonds is 6. The molecule has 146 valence electrons. The molecule has 0 aliphatic heterocycles. The molecule has 1 aliphatic rings. The molecule has 2 heterocycles. The highest BCUT2D eigenvalue weighted by Gasteiger charge is 2.31. The van der Waals surface area contributed by atoms with Crippen molar-refractivity contribution < 1.29 is 13.6 Å². The molecule has 5 rings (SSSR count). The van der Waals surface area contributed by atoms with Crippen LogP contribution in [-0.2, 0) is 0 Å². The van der Waals surface area contributed by atoms with E-state index in [2.05, 4.69) is 10.2 Å². The molecule has 5 nitrogen and oxygen atoms in total. The summed E-state index contributed by atoms with van der Waals surface area (Å²) < 4.78 is 21.8. The Labute approximate surface area is 174 Å². The van der Waals surface area contributed by atoms with Gasteiger partial charge in [0.2, 0.25) is 5.78 Å². The highest BCUT2D eigenvalue weighted by Crippen LogP contribution is 2.41. The number of carbonyl (C=O) groups is 1. The van der Waals surface area contributed by atoms with Gasteiger partial charge in [0, 0.05) is 16.5 Å². The number of fused-ring (bicyclic) bond motifs is 1. The minimum atomic E-state index is -0.338. The van der Waals surface area contributed by atoms with E-state index in [0.29, 0.717) is 27.1 Å². The summed E-state index contributed by atoms with van der Waals surface area (Å²) in [4.78, 5) is 12.6. The quantitative estimate of drug-likeness (QED) is 0.288. The molecule has 0 unspecified atom stereocenters. The molecule has 0 N–H and O–H groups in total. The molecule has 0 spiro atoms. The van der Waals surface area contributed by atoms with Crippen molar-refractivity contribution in [3.05, 3.63) is 65.1 Å². The van der Waals surface area contributed by atoms with Gasteiger partial charge in [0.05, 0.1) is 11.3 Å². The average molecular weight is 428 g/mol. The lowest BCUT2D eigenvalue weighted by atomic mass is 10.2. The van der Waals surface area contributed by atoms with E-state index in [1.807, 2.05) is 4.57 Å². The number of carbonyl (C=O) groups excluding carboxylic acids is 1. The summed E-state index contributed by atoms with van der Waals surface area (Å²) in [5.41, 5.74) is 1.03. The Morgan fingerprint density at radius 2 is 2.03 bits per heavy atom. The van der Waals surface area contributed by atoms with Crippen LogP contribution in [-0.4, -0.2) is 26.3 Å². The van der Waals surface area contributed by atoms with Crippen LogP contribution in [0.1, 0.15) is 29.4 Å². The van der Waals surface area contributed by atoms with Crippen LogP contribution >= 0.6 is 23.4 Å². The van der Waals surface area contributed by atoms with E-state index in [1.54, 1.807) is 42.5 Å². The number of furan rings is 1. The van der Waals surface area contributed by atoms with Crippen molar-refractivity contribution in [2.75, 3.05) is 5.75 Å². The third-order valence-corrected chi connectivity index (χ3v) is 5.96. The van der Waals surface area contributed by atoms with Gasteiger partial charge in [-0.1, -0.05) is 35.5 Å². The van der Waals surface area contributed by atoms with Crippen molar-refractivity contribution in [3.8, 4) is 11.4 Å². The number of Topliss-reactive ketones (excluding diaryl/α,β-unsaturated/α-hetero) is 1. The van der Waals surface area contributed by atoms with Crippen molar-refractivity contribution in [1.82, 2.24) is 14.8 Å². The highest BCUT2D eigenvalue weighted by molar-refractivity contribution is 7.99. The first-order chi connectivity index (χ1) is 14.1. The van der Waals surface area contributed by atoms with Gasteiger partial charge in [-0.25, -0.2) is 4.39 Å². The van der Waals surface area contributed by atoms with E-state index in [-0.39, 0.29) is 29.2 Å². The zero-order chi connectivity index (χ0) is 20.0. The first kappa shape index (κ1) is 18.4. The molecule has 0 radical (unpaired) electrons. The van der Waals surface area contributed by atoms with Gasteiger partial charge in [-0.2, -0.15) is 0 Å². The number of benzene rings is 2. The molecule has 2 aromatic heterocycles. The van der Waals surface area contributed by atoms with Gasteiger partial charge >= 0.3 is 0 Å². The van der Waals surface area contributed by atoms with Crippen LogP contribution in [0.2, 0.25) is 5.02 Å². The summed E-state index contributed by atoms with van der Waals surface area (Å²) in [5, 5.41) is 10.4. The van der Waals surface area contributed by atoms with Crippen LogP contribution in [0.25, 0.3) is 22.4 Å². The molecule has 8 heteroatoms. The number of halogens is 2. The predicted octanol–water partition coefficient (Wildman–Crippen LogP) is 5.79. The SMILES string of the molecule is O=C(CSc1nnc(-c2ccccc2F)n1C1CC1)c1cc2cc(Cl)ccc2o1. The van der Waals surface area contributed by atoms with Crippen molar-refractivity contribution in [1.29, 1.82) is 0 Å². The molecule has 0 saturated heterocycles. The number of thioether (sulfide) groups is 1. The molecule has 0 amide bonds. The molecule has 0 bridgehead atoms. The summed E-state index contributed by atoms with van der Waals surface area (Å²) in [6, 6.07) is 13.7. The van der Waals surface area contributed by atoms with Crippen LogP contribution in [0.4, 0.5) is 4.39 Å². The predicted molar refractivity (Wildman–Crippen MR) is 110 cm³/mol. The summed E-state index contributed by atoms with van der Waals surface area (Å²) in [7, 11) is 0. The van der Waals surface area contributed by atoms with E-state index in [1.165, 1.54) is 17.8 Å². The fraction of sp³-hybridized carbons (Fsp3) is 0.190. The Bertz CT molecular complexity index is 1230. The second-order valence-corrected chi connectivity index (χ2v) is 8.27. The number of hydrogen-bond donors (Lipinski definition) is 0. The molecule has 2 aromatic carbocycles. The summed E-state index contributed by atoms with van der Waals surface area (Å²) >= 11 is 7.27. The fourth-order valence-corrected chi connectivity index (χ4v) is 4.27. The number of aromatic nitrogens is 3. The van der Waals surface area contributed by atoms with Gasteiger partial charge in [0.25, 0.3) is 0 Å². The van der Waals surface area contributed by atoms with Crippen LogP contribution < -0.4 is 0 Å². The van der Waals surface area contributed by atoms with Crippen molar-refractivity contribution >= 4 is 40.1 Å². The standard InChI is InChI=1S/C21H15ClFN3O2S/c22-13-5-8-18-12(9-13)10-19(28-18)17(27)11-29-21-25-24-20(26(21)14-6-7-14)15-3-1-2-4-16(15)23/h1-5,8-10,14H,6-7,11H2. The Balaban J connectivity index is 1.39. The number of ketones is 1. The smallest absolute Gasteiger partial charge is 0.208 e. The van der Waals surface area contributed by atoms with Crippen molar-refractivity contribution in [3.63, 3.8) is 0 Å². The first-order valence-corrected chi connectivity index (χ1v) is 10.5. The Kier molecular flexibility index (Phi) is 4.64. The normalized spacial score (nSPS) is 13.9. The van der Waals surface area contributed by atoms with Crippen molar-refractivity contribution in [2.45, 2.75) is 24.0 Å². The summed E-state index contributed by atoms with van der Waals surface area (Å²) in [6.45, 7) is 0. The molecule has 1 aliphatic carbocycles. The third-order valence-electron chi connectivity index (χ3n) is 4.78. The molecular weight excluding hydrogens is 413 g/mol. The van der Waals surface area contributed by atoms with Crippen LogP contribution in [0.3, 0.4) is 0 Å². The largest absolute Gasteiger partial charge is 0.453 e. The van der Waals surface area contributed by atoms with Crippen LogP contribution in [0, 0.1) is 5.82 Å². The van der Waals surface area contributed by atoms with E-state index in [9.17, 15) is 9.18 Å². The Morgan fingerprint density at radius 3 is 2.83 bits per heavy atom. The molecule has 1 saturated carbocycles. The molecule has 29 heavy (non-hydrogen) atoms. The Morgan fingerprint density at radius 1 is 1.21 bits per heavy atom. The molecule has 4 aromatic rings. The monoisotopic (exact) mass is 427 g/mol. The second-order valence-electron chi connectivity index (χ2n) is 6.89. The number of hydrogen-bond acceptors (Lipinski definition) is 5. The van der Waals surface area contributed by atoms with Crippen molar-refractivity contribution in [2.24, 2.45) is 0 Å². The summed E-state index contributed by atoms with van der Waals surface area (Å²) in [5.74, 6) is 0.436. The molecular formula is C21H15ClFN3O2S. The number of nitrogens with zero attached hydrogens (tertiary/aromatic N) is 3. The third kappa shape index (κ3) is 3.56. The van der Waals surface area contributed by atoms with Crippen LogP contribution in [0.5, 0.6) is 0 Å². The zero-order valence-corrected chi connectivity index (χ0v) is 16.7. The van der Waals surface area contributed by atoms with Gasteiger partial charge in [0.1, 0.15) is 11.4 Å². The first-order valence-electron chi connectivity index (χ1n) is 9.15. The molecule has 1 fully saturated rings. The fourth-order valence-electron chi connectivity index (χ4n) is 3.22. The second kappa shape index (κ2) is 7.31. The lowest BCUT2D eigenvalue weighted by Crippen LogP contribution is -2.04. The van der Waals surface area contributed by atoms with Gasteiger partial charge in [-0.3, -0.25) is 9.36 Å². The van der Waals surface area contributed by atoms with E-state index in [0.717, 1.165) is 18.2 Å². The van der Waals surface area contributed by atoms with E-state index < -0.39 is 0 Å². The Hall–Kier alpha value is -2.64. The highest BCUT2D eigenvalue weighted by atomic mass is 35.5. The minimum absolute atomic E-state index is 0.148.